The number of rotatable bonds is 3. The summed E-state index contributed by atoms with van der Waals surface area (Å²) in [5, 5.41) is 0. The van der Waals surface area contributed by atoms with E-state index < -0.39 is 0 Å². The minimum Gasteiger partial charge on any atom is -0.501 e. The molecule has 1 nitrogen and oxygen atoms in total. The highest BCUT2D eigenvalue weighted by Crippen LogP contribution is 2.27. The van der Waals surface area contributed by atoms with E-state index in [-0.39, 0.29) is 5.82 Å². The minimum atomic E-state index is -0.173. The van der Waals surface area contributed by atoms with Gasteiger partial charge in [0, 0.05) is 6.42 Å². The van der Waals surface area contributed by atoms with E-state index in [9.17, 15) is 4.39 Å². The first-order valence-corrected chi connectivity index (χ1v) is 5.79. The predicted octanol–water partition coefficient (Wildman–Crippen LogP) is 3.84. The van der Waals surface area contributed by atoms with Gasteiger partial charge in [0.05, 0.1) is 12.9 Å². The summed E-state index contributed by atoms with van der Waals surface area (Å²) in [7, 11) is 1.74. The van der Waals surface area contributed by atoms with Crippen molar-refractivity contribution in [3.63, 3.8) is 0 Å². The van der Waals surface area contributed by atoms with Gasteiger partial charge >= 0.3 is 0 Å². The molecule has 0 unspecified atom stereocenters. The van der Waals surface area contributed by atoms with Crippen LogP contribution in [-0.4, -0.2) is 7.11 Å². The zero-order chi connectivity index (χ0) is 11.4. The predicted molar refractivity (Wildman–Crippen MR) is 62.6 cm³/mol. The number of hydrogen-bond acceptors (Lipinski definition) is 1. The number of hydrogen-bond donors (Lipinski definition) is 0. The van der Waals surface area contributed by atoms with Crippen LogP contribution < -0.4 is 0 Å². The van der Waals surface area contributed by atoms with Crippen molar-refractivity contribution < 1.29 is 9.13 Å². The van der Waals surface area contributed by atoms with Crippen molar-refractivity contribution in [1.29, 1.82) is 0 Å². The van der Waals surface area contributed by atoms with Crippen molar-refractivity contribution in [2.45, 2.75) is 32.1 Å². The summed E-state index contributed by atoms with van der Waals surface area (Å²) in [4.78, 5) is 0. The fourth-order valence-electron chi connectivity index (χ4n) is 2.22. The smallest absolute Gasteiger partial charge is 0.123 e. The summed E-state index contributed by atoms with van der Waals surface area (Å²) in [6.45, 7) is 0. The molecule has 0 atom stereocenters. The largest absolute Gasteiger partial charge is 0.501 e. The van der Waals surface area contributed by atoms with E-state index in [0.717, 1.165) is 30.6 Å². The molecule has 0 saturated carbocycles. The number of ether oxygens (including phenoxy) is 1. The Bertz CT molecular complexity index is 378. The second-order valence-electron chi connectivity index (χ2n) is 4.24. The van der Waals surface area contributed by atoms with Crippen molar-refractivity contribution in [3.05, 3.63) is 47.0 Å². The summed E-state index contributed by atoms with van der Waals surface area (Å²) in [6.07, 6.45) is 5.51. The highest BCUT2D eigenvalue weighted by Gasteiger charge is 2.13. The molecule has 0 N–H and O–H groups in total. The van der Waals surface area contributed by atoms with E-state index in [2.05, 4.69) is 0 Å². The van der Waals surface area contributed by atoms with Gasteiger partial charge in [-0.25, -0.2) is 4.39 Å². The van der Waals surface area contributed by atoms with Gasteiger partial charge in [0.25, 0.3) is 0 Å². The first-order valence-electron chi connectivity index (χ1n) is 5.79. The van der Waals surface area contributed by atoms with Crippen LogP contribution in [0.3, 0.4) is 0 Å². The molecule has 0 heterocycles. The summed E-state index contributed by atoms with van der Waals surface area (Å²) >= 11 is 0. The fraction of sp³-hybridized carbons (Fsp3) is 0.429. The zero-order valence-electron chi connectivity index (χ0n) is 9.63. The average Bonchev–Trinajstić information content (AvgIpc) is 2.33. The Labute approximate surface area is 95.9 Å². The van der Waals surface area contributed by atoms with E-state index in [1.54, 1.807) is 7.11 Å². The summed E-state index contributed by atoms with van der Waals surface area (Å²) in [5.41, 5.74) is 2.54. The van der Waals surface area contributed by atoms with Gasteiger partial charge in [0.15, 0.2) is 0 Å². The van der Waals surface area contributed by atoms with Gasteiger partial charge in [-0.2, -0.15) is 0 Å². The third-order valence-corrected chi connectivity index (χ3v) is 3.10. The molecule has 0 spiro atoms. The molecule has 1 aliphatic rings. The number of methoxy groups -OCH3 is 1. The molecule has 0 fully saturated rings. The van der Waals surface area contributed by atoms with Crippen molar-refractivity contribution in [2.24, 2.45) is 0 Å². The van der Waals surface area contributed by atoms with Gasteiger partial charge in [0.1, 0.15) is 5.82 Å². The second kappa shape index (κ2) is 5.15. The zero-order valence-corrected chi connectivity index (χ0v) is 9.63. The molecule has 0 bridgehead atoms. The first kappa shape index (κ1) is 11.2. The van der Waals surface area contributed by atoms with Crippen molar-refractivity contribution in [2.75, 3.05) is 7.11 Å². The van der Waals surface area contributed by atoms with E-state index in [4.69, 9.17) is 4.74 Å². The fourth-order valence-corrected chi connectivity index (χ4v) is 2.22. The number of benzene rings is 1. The second-order valence-corrected chi connectivity index (χ2v) is 4.24. The maximum absolute atomic E-state index is 12.8. The van der Waals surface area contributed by atoms with Crippen LogP contribution >= 0.6 is 0 Å². The molecule has 2 heteroatoms. The number of allylic oxidation sites excluding steroid dienone is 2. The maximum Gasteiger partial charge on any atom is 0.123 e. The molecule has 2 rings (SSSR count). The summed E-state index contributed by atoms with van der Waals surface area (Å²) in [6, 6.07) is 6.74. The Morgan fingerprint density at radius 2 is 1.81 bits per heavy atom. The molecule has 1 aromatic rings. The van der Waals surface area contributed by atoms with Crippen LogP contribution in [0.25, 0.3) is 0 Å². The van der Waals surface area contributed by atoms with E-state index in [0.29, 0.717) is 0 Å². The first-order chi connectivity index (χ1) is 7.79. The monoisotopic (exact) mass is 220 g/mol. The van der Waals surface area contributed by atoms with Crippen LogP contribution in [0.1, 0.15) is 31.2 Å². The topological polar surface area (TPSA) is 9.23 Å². The van der Waals surface area contributed by atoms with Crippen molar-refractivity contribution in [1.82, 2.24) is 0 Å². The van der Waals surface area contributed by atoms with Crippen LogP contribution in [0.5, 0.6) is 0 Å². The van der Waals surface area contributed by atoms with Crippen LogP contribution in [0.15, 0.2) is 35.6 Å². The van der Waals surface area contributed by atoms with Gasteiger partial charge in [-0.05, 0) is 49.0 Å². The molecule has 0 aromatic heterocycles. The van der Waals surface area contributed by atoms with Gasteiger partial charge in [-0.1, -0.05) is 12.1 Å². The highest BCUT2D eigenvalue weighted by molar-refractivity contribution is 5.25. The molecule has 1 aliphatic carbocycles. The molecular weight excluding hydrogens is 203 g/mol. The SMILES string of the molecule is COC1=C(Cc2ccc(F)cc2)CCCC1. The molecule has 0 aliphatic heterocycles. The normalized spacial score (nSPS) is 16.4. The quantitative estimate of drug-likeness (QED) is 0.752. The molecule has 0 radical (unpaired) electrons. The van der Waals surface area contributed by atoms with Crippen molar-refractivity contribution in [3.8, 4) is 0 Å². The van der Waals surface area contributed by atoms with Gasteiger partial charge < -0.3 is 4.74 Å². The molecule has 0 saturated heterocycles. The summed E-state index contributed by atoms with van der Waals surface area (Å²) < 4.78 is 18.2. The van der Waals surface area contributed by atoms with Gasteiger partial charge in [-0.3, -0.25) is 0 Å². The van der Waals surface area contributed by atoms with E-state index in [1.807, 2.05) is 12.1 Å². The standard InChI is InChI=1S/C14H17FO/c1-16-14-5-3-2-4-12(14)10-11-6-8-13(15)9-7-11/h6-9H,2-5,10H2,1H3. The molecule has 0 amide bonds. The Morgan fingerprint density at radius 1 is 1.12 bits per heavy atom. The Balaban J connectivity index is 2.13. The van der Waals surface area contributed by atoms with Gasteiger partial charge in [-0.15, -0.1) is 0 Å². The van der Waals surface area contributed by atoms with Gasteiger partial charge in [0.2, 0.25) is 0 Å². The lowest BCUT2D eigenvalue weighted by molar-refractivity contribution is 0.259. The van der Waals surface area contributed by atoms with Crippen LogP contribution in [0, 0.1) is 5.82 Å². The Morgan fingerprint density at radius 3 is 2.50 bits per heavy atom. The average molecular weight is 220 g/mol. The van der Waals surface area contributed by atoms with E-state index in [1.165, 1.54) is 30.5 Å². The third kappa shape index (κ3) is 2.63. The third-order valence-electron chi connectivity index (χ3n) is 3.10. The maximum atomic E-state index is 12.8. The van der Waals surface area contributed by atoms with Crippen LogP contribution in [0.4, 0.5) is 4.39 Å². The molecule has 16 heavy (non-hydrogen) atoms. The van der Waals surface area contributed by atoms with Crippen molar-refractivity contribution >= 4 is 0 Å². The molecule has 86 valence electrons. The Hall–Kier alpha value is -1.31. The highest BCUT2D eigenvalue weighted by atomic mass is 19.1. The molecular formula is C14H17FO. The van der Waals surface area contributed by atoms with Crippen LogP contribution in [0.2, 0.25) is 0 Å². The lowest BCUT2D eigenvalue weighted by Crippen LogP contribution is -2.04. The number of halogens is 1. The van der Waals surface area contributed by atoms with Crippen LogP contribution in [-0.2, 0) is 11.2 Å². The minimum absolute atomic E-state index is 0.173. The summed E-state index contributed by atoms with van der Waals surface area (Å²) in [5.74, 6) is 0.962. The Kier molecular flexibility index (Phi) is 3.60. The van der Waals surface area contributed by atoms with E-state index >= 15 is 0 Å². The lowest BCUT2D eigenvalue weighted by Gasteiger charge is -2.19. The lowest BCUT2D eigenvalue weighted by atomic mass is 9.92. The molecule has 1 aromatic carbocycles.